The van der Waals surface area contributed by atoms with Crippen LogP contribution in [0, 0.1) is 20.2 Å². The molecule has 0 bridgehead atoms. The van der Waals surface area contributed by atoms with Crippen LogP contribution in [0.25, 0.3) is 6.08 Å². The Balaban J connectivity index is 1.47. The number of ether oxygens (including phenoxy) is 1. The zero-order valence-corrected chi connectivity index (χ0v) is 20.9. The molecule has 186 valence electrons. The molecule has 1 aliphatic heterocycles. The second-order valence-electron chi connectivity index (χ2n) is 7.57. The molecule has 0 atom stereocenters. The highest BCUT2D eigenvalue weighted by molar-refractivity contribution is 9.10. The first-order valence-corrected chi connectivity index (χ1v) is 12.0. The lowest BCUT2D eigenvalue weighted by molar-refractivity contribution is -0.394. The van der Waals surface area contributed by atoms with Crippen LogP contribution >= 0.6 is 27.7 Å². The molecular weight excluding hydrogens is 570 g/mol. The van der Waals surface area contributed by atoms with Crippen LogP contribution in [0.15, 0.2) is 76.1 Å². The summed E-state index contributed by atoms with van der Waals surface area (Å²) >= 11 is 4.21. The van der Waals surface area contributed by atoms with E-state index in [2.05, 4.69) is 15.9 Å². The standard InChI is InChI=1S/C24H14BrN3O8S/c25-20-4-2-1-3-15(20)13-26-22(29)21(37-24(26)31)9-14-5-7-19(8-6-14)36-23(30)16-10-17(27(32)33)12-18(11-16)28(34)35/h1-12H,13H2/b21-9-. The largest absolute Gasteiger partial charge is 0.423 e. The average molecular weight is 584 g/mol. The molecule has 1 saturated heterocycles. The van der Waals surface area contributed by atoms with E-state index in [1.54, 1.807) is 12.1 Å². The average Bonchev–Trinajstić information content (AvgIpc) is 3.13. The Morgan fingerprint density at radius 2 is 1.59 bits per heavy atom. The van der Waals surface area contributed by atoms with Crippen LogP contribution in [-0.2, 0) is 11.3 Å². The zero-order chi connectivity index (χ0) is 26.7. The normalized spacial score (nSPS) is 14.2. The summed E-state index contributed by atoms with van der Waals surface area (Å²) in [5.74, 6) is -1.39. The fourth-order valence-corrected chi connectivity index (χ4v) is 4.55. The van der Waals surface area contributed by atoms with E-state index < -0.39 is 38.3 Å². The van der Waals surface area contributed by atoms with Crippen LogP contribution in [0.4, 0.5) is 16.2 Å². The fourth-order valence-electron chi connectivity index (χ4n) is 3.31. The molecule has 0 unspecified atom stereocenters. The van der Waals surface area contributed by atoms with Gasteiger partial charge >= 0.3 is 5.97 Å². The van der Waals surface area contributed by atoms with Gasteiger partial charge in [-0.05, 0) is 47.2 Å². The summed E-state index contributed by atoms with van der Waals surface area (Å²) in [6.07, 6.45) is 1.53. The van der Waals surface area contributed by atoms with Crippen molar-refractivity contribution in [3.05, 3.63) is 113 Å². The van der Waals surface area contributed by atoms with Gasteiger partial charge in [0.05, 0.1) is 32.9 Å². The van der Waals surface area contributed by atoms with Crippen LogP contribution in [-0.4, -0.2) is 31.9 Å². The van der Waals surface area contributed by atoms with Crippen LogP contribution in [0.2, 0.25) is 0 Å². The number of hydrogen-bond acceptors (Lipinski definition) is 9. The zero-order valence-electron chi connectivity index (χ0n) is 18.5. The number of nitro benzene ring substituents is 2. The number of non-ortho nitro benzene ring substituents is 2. The van der Waals surface area contributed by atoms with Crippen molar-refractivity contribution < 1.29 is 29.0 Å². The summed E-state index contributed by atoms with van der Waals surface area (Å²) in [7, 11) is 0. The third-order valence-electron chi connectivity index (χ3n) is 5.11. The molecule has 0 aromatic heterocycles. The van der Waals surface area contributed by atoms with Gasteiger partial charge in [-0.1, -0.05) is 46.3 Å². The van der Waals surface area contributed by atoms with Crippen LogP contribution in [0.5, 0.6) is 5.75 Å². The first-order chi connectivity index (χ1) is 17.6. The molecule has 37 heavy (non-hydrogen) atoms. The van der Waals surface area contributed by atoms with E-state index >= 15 is 0 Å². The van der Waals surface area contributed by atoms with Crippen LogP contribution < -0.4 is 4.74 Å². The summed E-state index contributed by atoms with van der Waals surface area (Å²) in [6.45, 7) is 0.119. The van der Waals surface area contributed by atoms with Gasteiger partial charge in [-0.3, -0.25) is 34.7 Å². The van der Waals surface area contributed by atoms with Crippen molar-refractivity contribution in [2.75, 3.05) is 0 Å². The van der Waals surface area contributed by atoms with Crippen LogP contribution in [0.3, 0.4) is 0 Å². The van der Waals surface area contributed by atoms with Gasteiger partial charge in [0.15, 0.2) is 0 Å². The number of esters is 1. The van der Waals surface area contributed by atoms with Gasteiger partial charge in [0, 0.05) is 16.6 Å². The minimum Gasteiger partial charge on any atom is -0.423 e. The number of amides is 2. The monoisotopic (exact) mass is 583 g/mol. The summed E-state index contributed by atoms with van der Waals surface area (Å²) in [5.41, 5.74) is -0.262. The number of nitro groups is 2. The predicted octanol–water partition coefficient (Wildman–Crippen LogP) is 5.72. The number of halogens is 1. The van der Waals surface area contributed by atoms with Crippen molar-refractivity contribution in [2.24, 2.45) is 0 Å². The van der Waals surface area contributed by atoms with Gasteiger partial charge in [-0.2, -0.15) is 0 Å². The van der Waals surface area contributed by atoms with Crippen molar-refractivity contribution in [3.8, 4) is 5.75 Å². The Morgan fingerprint density at radius 1 is 0.973 bits per heavy atom. The van der Waals surface area contributed by atoms with Crippen molar-refractivity contribution in [1.29, 1.82) is 0 Å². The van der Waals surface area contributed by atoms with E-state index in [1.807, 2.05) is 24.3 Å². The van der Waals surface area contributed by atoms with Crippen molar-refractivity contribution in [1.82, 2.24) is 4.90 Å². The number of hydrogen-bond donors (Lipinski definition) is 0. The predicted molar refractivity (Wildman–Crippen MR) is 137 cm³/mol. The van der Waals surface area contributed by atoms with Gasteiger partial charge in [0.2, 0.25) is 0 Å². The number of carbonyl (C=O) groups excluding carboxylic acids is 3. The van der Waals surface area contributed by atoms with E-state index in [1.165, 1.54) is 18.2 Å². The molecule has 4 rings (SSSR count). The molecule has 0 radical (unpaired) electrons. The second-order valence-corrected chi connectivity index (χ2v) is 9.42. The van der Waals surface area contributed by atoms with Gasteiger partial charge in [0.1, 0.15) is 5.75 Å². The van der Waals surface area contributed by atoms with Crippen molar-refractivity contribution >= 4 is 62.3 Å². The number of thioether (sulfide) groups is 1. The highest BCUT2D eigenvalue weighted by Crippen LogP contribution is 2.34. The molecule has 3 aromatic carbocycles. The molecule has 13 heteroatoms. The minimum atomic E-state index is -1.02. The molecule has 11 nitrogen and oxygen atoms in total. The van der Waals surface area contributed by atoms with Gasteiger partial charge < -0.3 is 4.74 Å². The Hall–Kier alpha value is -4.36. The molecule has 1 fully saturated rings. The maximum absolute atomic E-state index is 12.8. The SMILES string of the molecule is O=C(Oc1ccc(/C=C2\SC(=O)N(Cc3ccccc3Br)C2=O)cc1)c1cc([N+](=O)[O-])cc([N+](=O)[O-])c1. The lowest BCUT2D eigenvalue weighted by Crippen LogP contribution is -2.27. The molecule has 0 aliphatic carbocycles. The van der Waals surface area contributed by atoms with E-state index in [0.717, 1.165) is 44.9 Å². The number of benzene rings is 3. The van der Waals surface area contributed by atoms with Crippen molar-refractivity contribution in [2.45, 2.75) is 6.54 Å². The van der Waals surface area contributed by atoms with E-state index in [9.17, 15) is 34.6 Å². The number of rotatable bonds is 7. The summed E-state index contributed by atoms with van der Waals surface area (Å²) < 4.78 is 5.96. The number of nitrogens with zero attached hydrogens (tertiary/aromatic N) is 3. The molecule has 0 spiro atoms. The molecule has 2 amide bonds. The lowest BCUT2D eigenvalue weighted by atomic mass is 10.1. The molecule has 3 aromatic rings. The van der Waals surface area contributed by atoms with Gasteiger partial charge in [-0.25, -0.2) is 4.79 Å². The third kappa shape index (κ3) is 5.90. The molecule has 0 saturated carbocycles. The van der Waals surface area contributed by atoms with Crippen LogP contribution in [0.1, 0.15) is 21.5 Å². The van der Waals surface area contributed by atoms with Gasteiger partial charge in [-0.15, -0.1) is 0 Å². The highest BCUT2D eigenvalue weighted by atomic mass is 79.9. The Labute approximate surface area is 221 Å². The lowest BCUT2D eigenvalue weighted by Gasteiger charge is -2.13. The maximum Gasteiger partial charge on any atom is 0.344 e. The molecule has 0 N–H and O–H groups in total. The Kier molecular flexibility index (Phi) is 7.45. The van der Waals surface area contributed by atoms with E-state index in [4.69, 9.17) is 4.74 Å². The fraction of sp³-hybridized carbons (Fsp3) is 0.0417. The molecule has 1 aliphatic rings. The van der Waals surface area contributed by atoms with E-state index in [0.29, 0.717) is 5.56 Å². The smallest absolute Gasteiger partial charge is 0.344 e. The molecule has 1 heterocycles. The second kappa shape index (κ2) is 10.7. The maximum atomic E-state index is 12.8. The Bertz CT molecular complexity index is 1460. The first kappa shape index (κ1) is 25.7. The molecular formula is C24H14BrN3O8S. The summed E-state index contributed by atoms with van der Waals surface area (Å²) in [5, 5.41) is 21.7. The quantitative estimate of drug-likeness (QED) is 0.112. The summed E-state index contributed by atoms with van der Waals surface area (Å²) in [4.78, 5) is 59.4. The summed E-state index contributed by atoms with van der Waals surface area (Å²) in [6, 6.07) is 15.7. The van der Waals surface area contributed by atoms with E-state index in [-0.39, 0.29) is 22.8 Å². The highest BCUT2D eigenvalue weighted by Gasteiger charge is 2.35. The van der Waals surface area contributed by atoms with Crippen molar-refractivity contribution in [3.63, 3.8) is 0 Å². The third-order valence-corrected chi connectivity index (χ3v) is 6.79. The first-order valence-electron chi connectivity index (χ1n) is 10.4. The number of carbonyl (C=O) groups is 3. The topological polar surface area (TPSA) is 150 Å². The minimum absolute atomic E-state index is 0.0679. The van der Waals surface area contributed by atoms with Gasteiger partial charge in [0.25, 0.3) is 22.5 Å². The Morgan fingerprint density at radius 3 is 2.19 bits per heavy atom. The number of imide groups is 1.